The standard InChI is InChI=1S/C28H38N4O3.C2HF3O2/c1-30(2)27(34)32(19-16-29)25(21-35-20-22-8-4-3-5-9-22)26(33)31-17-14-28(15-18-31)13-12-23-10-6-7-11-24(23)28;3-2(4,5)1(6)7/h3-11,25H,12-21,29H2,1-2H3;(H,6,7)/t25-;/m1./s1. The normalized spacial score (nSPS) is 16.2. The Balaban J connectivity index is 0.000000616. The lowest BCUT2D eigenvalue weighted by Gasteiger charge is -2.42. The second kappa shape index (κ2) is 14.5. The quantitative estimate of drug-likeness (QED) is 0.484. The minimum Gasteiger partial charge on any atom is -0.475 e. The fourth-order valence-corrected chi connectivity index (χ4v) is 5.59. The molecule has 3 N–H and O–H groups in total. The molecule has 2 aliphatic rings. The number of rotatable bonds is 8. The van der Waals surface area contributed by atoms with Gasteiger partial charge in [-0.15, -0.1) is 0 Å². The van der Waals surface area contributed by atoms with Crippen LogP contribution in [-0.2, 0) is 32.8 Å². The van der Waals surface area contributed by atoms with Crippen LogP contribution in [0.25, 0.3) is 0 Å². The molecule has 230 valence electrons. The number of urea groups is 1. The number of aliphatic carboxylic acids is 1. The number of benzene rings is 2. The maximum Gasteiger partial charge on any atom is 0.490 e. The number of ether oxygens (including phenoxy) is 1. The van der Waals surface area contributed by atoms with Gasteiger partial charge in [0, 0.05) is 40.3 Å². The van der Waals surface area contributed by atoms with Crippen LogP contribution in [0.4, 0.5) is 18.0 Å². The van der Waals surface area contributed by atoms with Crippen molar-refractivity contribution in [2.45, 2.75) is 49.9 Å². The second-order valence-electron chi connectivity index (χ2n) is 10.7. The van der Waals surface area contributed by atoms with Gasteiger partial charge < -0.3 is 30.3 Å². The largest absolute Gasteiger partial charge is 0.490 e. The van der Waals surface area contributed by atoms with Crippen LogP contribution in [-0.4, -0.2) is 96.8 Å². The van der Waals surface area contributed by atoms with E-state index in [0.29, 0.717) is 26.2 Å². The molecule has 12 heteroatoms. The number of amides is 3. The summed E-state index contributed by atoms with van der Waals surface area (Å²) in [6.07, 6.45) is -0.921. The molecule has 2 aromatic carbocycles. The van der Waals surface area contributed by atoms with E-state index in [1.807, 2.05) is 35.2 Å². The van der Waals surface area contributed by atoms with Gasteiger partial charge in [-0.3, -0.25) is 4.79 Å². The number of aryl methyl sites for hydroxylation is 1. The first-order chi connectivity index (χ1) is 19.9. The number of carbonyl (C=O) groups is 3. The van der Waals surface area contributed by atoms with Crippen LogP contribution >= 0.6 is 0 Å². The van der Waals surface area contributed by atoms with Gasteiger partial charge in [-0.1, -0.05) is 54.6 Å². The number of alkyl halides is 3. The predicted octanol–water partition coefficient (Wildman–Crippen LogP) is 3.65. The van der Waals surface area contributed by atoms with Gasteiger partial charge in [0.2, 0.25) is 5.91 Å². The van der Waals surface area contributed by atoms with E-state index in [0.717, 1.165) is 31.2 Å². The van der Waals surface area contributed by atoms with Crippen LogP contribution in [0.15, 0.2) is 54.6 Å². The Kier molecular flexibility index (Phi) is 11.3. The molecule has 1 saturated heterocycles. The molecule has 1 aliphatic carbocycles. The molecule has 1 aliphatic heterocycles. The predicted molar refractivity (Wildman–Crippen MR) is 151 cm³/mol. The first-order valence-corrected chi connectivity index (χ1v) is 13.9. The van der Waals surface area contributed by atoms with E-state index in [1.54, 1.807) is 19.0 Å². The Morgan fingerprint density at radius 3 is 2.19 bits per heavy atom. The molecule has 0 unspecified atom stereocenters. The Morgan fingerprint density at radius 2 is 1.62 bits per heavy atom. The molecule has 2 aromatic rings. The van der Waals surface area contributed by atoms with Crippen molar-refractivity contribution in [2.75, 3.05) is 46.9 Å². The lowest BCUT2D eigenvalue weighted by Crippen LogP contribution is -2.58. The van der Waals surface area contributed by atoms with Crippen molar-refractivity contribution in [3.8, 4) is 0 Å². The lowest BCUT2D eigenvalue weighted by molar-refractivity contribution is -0.192. The van der Waals surface area contributed by atoms with E-state index in [-0.39, 0.29) is 30.5 Å². The topological polar surface area (TPSA) is 116 Å². The molecule has 1 atom stereocenters. The fraction of sp³-hybridized carbons (Fsp3) is 0.500. The van der Waals surface area contributed by atoms with Crippen molar-refractivity contribution in [1.29, 1.82) is 0 Å². The number of hydrogen-bond acceptors (Lipinski definition) is 5. The van der Waals surface area contributed by atoms with Gasteiger partial charge >= 0.3 is 18.2 Å². The van der Waals surface area contributed by atoms with E-state index in [9.17, 15) is 22.8 Å². The Hall–Kier alpha value is -3.64. The summed E-state index contributed by atoms with van der Waals surface area (Å²) in [6, 6.07) is 17.7. The highest BCUT2D eigenvalue weighted by Crippen LogP contribution is 2.46. The molecule has 3 amide bonds. The summed E-state index contributed by atoms with van der Waals surface area (Å²) < 4.78 is 37.7. The first-order valence-electron chi connectivity index (χ1n) is 13.9. The van der Waals surface area contributed by atoms with Crippen molar-refractivity contribution in [3.63, 3.8) is 0 Å². The molecule has 1 spiro atoms. The average molecular weight is 593 g/mol. The minimum atomic E-state index is -5.08. The summed E-state index contributed by atoms with van der Waals surface area (Å²) in [7, 11) is 3.39. The lowest BCUT2D eigenvalue weighted by atomic mass is 9.74. The average Bonchev–Trinajstić information content (AvgIpc) is 3.32. The number of carboxylic acid groups (broad SMARTS) is 1. The molecule has 0 radical (unpaired) electrons. The summed E-state index contributed by atoms with van der Waals surface area (Å²) in [5.41, 5.74) is 9.96. The van der Waals surface area contributed by atoms with E-state index in [4.69, 9.17) is 20.4 Å². The molecule has 1 fully saturated rings. The van der Waals surface area contributed by atoms with Crippen LogP contribution in [0.1, 0.15) is 36.0 Å². The van der Waals surface area contributed by atoms with E-state index in [2.05, 4.69) is 24.3 Å². The SMILES string of the molecule is CN(C)C(=O)N(CCN)[C@H](COCc1ccccc1)C(=O)N1CCC2(CCc3ccccc32)CC1.O=C(O)C(F)(F)F. The van der Waals surface area contributed by atoms with Crippen molar-refractivity contribution in [1.82, 2.24) is 14.7 Å². The van der Waals surface area contributed by atoms with E-state index >= 15 is 0 Å². The molecule has 9 nitrogen and oxygen atoms in total. The molecular formula is C30H39F3N4O5. The molecule has 0 saturated carbocycles. The van der Waals surface area contributed by atoms with Crippen molar-refractivity contribution in [2.24, 2.45) is 5.73 Å². The second-order valence-corrected chi connectivity index (χ2v) is 10.7. The van der Waals surface area contributed by atoms with E-state index in [1.165, 1.54) is 16.0 Å². The maximum atomic E-state index is 13.8. The number of carbonyl (C=O) groups excluding carboxylic acids is 2. The molecule has 4 rings (SSSR count). The summed E-state index contributed by atoms with van der Waals surface area (Å²) in [5, 5.41) is 7.12. The highest BCUT2D eigenvalue weighted by molar-refractivity contribution is 5.87. The van der Waals surface area contributed by atoms with Gasteiger partial charge in [0.1, 0.15) is 6.04 Å². The summed E-state index contributed by atoms with van der Waals surface area (Å²) >= 11 is 0. The maximum absolute atomic E-state index is 13.8. The number of fused-ring (bicyclic) bond motifs is 2. The number of carboxylic acids is 1. The molecule has 42 heavy (non-hydrogen) atoms. The smallest absolute Gasteiger partial charge is 0.475 e. The van der Waals surface area contributed by atoms with E-state index < -0.39 is 18.2 Å². The van der Waals surface area contributed by atoms with Crippen LogP contribution in [0.3, 0.4) is 0 Å². The van der Waals surface area contributed by atoms with Crippen LogP contribution in [0.2, 0.25) is 0 Å². The molecule has 0 aromatic heterocycles. The highest BCUT2D eigenvalue weighted by atomic mass is 19.4. The third-order valence-electron chi connectivity index (χ3n) is 7.78. The number of hydrogen-bond donors (Lipinski definition) is 2. The monoisotopic (exact) mass is 592 g/mol. The number of nitrogens with zero attached hydrogens (tertiary/aromatic N) is 3. The minimum absolute atomic E-state index is 0.0529. The van der Waals surface area contributed by atoms with Gasteiger partial charge in [0.25, 0.3) is 0 Å². The third kappa shape index (κ3) is 8.22. The van der Waals surface area contributed by atoms with Gasteiger partial charge in [-0.2, -0.15) is 13.2 Å². The summed E-state index contributed by atoms with van der Waals surface area (Å²) in [5.74, 6) is -2.81. The van der Waals surface area contributed by atoms with Crippen LogP contribution in [0.5, 0.6) is 0 Å². The van der Waals surface area contributed by atoms with Crippen molar-refractivity contribution >= 4 is 17.9 Å². The zero-order valence-electron chi connectivity index (χ0n) is 24.0. The number of likely N-dealkylation sites (tertiary alicyclic amines) is 1. The van der Waals surface area contributed by atoms with Gasteiger partial charge in [-0.25, -0.2) is 9.59 Å². The zero-order valence-corrected chi connectivity index (χ0v) is 24.0. The van der Waals surface area contributed by atoms with Crippen LogP contribution in [0, 0.1) is 0 Å². The van der Waals surface area contributed by atoms with Gasteiger partial charge in [-0.05, 0) is 47.8 Å². The fourth-order valence-electron chi connectivity index (χ4n) is 5.59. The van der Waals surface area contributed by atoms with Gasteiger partial charge in [0.15, 0.2) is 0 Å². The number of piperidine rings is 1. The highest BCUT2D eigenvalue weighted by Gasteiger charge is 2.43. The summed E-state index contributed by atoms with van der Waals surface area (Å²) in [4.78, 5) is 40.7. The number of nitrogens with two attached hydrogens (primary N) is 1. The van der Waals surface area contributed by atoms with Crippen molar-refractivity contribution < 1.29 is 37.4 Å². The first kappa shape index (κ1) is 32.9. The third-order valence-corrected chi connectivity index (χ3v) is 7.78. The Morgan fingerprint density at radius 1 is 1.02 bits per heavy atom. The molecule has 0 bridgehead atoms. The van der Waals surface area contributed by atoms with Crippen molar-refractivity contribution in [3.05, 3.63) is 71.3 Å². The van der Waals surface area contributed by atoms with Crippen LogP contribution < -0.4 is 5.73 Å². The van der Waals surface area contributed by atoms with Gasteiger partial charge in [0.05, 0.1) is 13.2 Å². The summed E-state index contributed by atoms with van der Waals surface area (Å²) in [6.45, 7) is 2.48. The Labute approximate surface area is 244 Å². The zero-order chi connectivity index (χ0) is 30.9. The molecule has 1 heterocycles. The Bertz CT molecular complexity index is 1200. The molecular weight excluding hydrogens is 553 g/mol. The number of halogens is 3.